The summed E-state index contributed by atoms with van der Waals surface area (Å²) in [7, 11) is 0. The Hall–Kier alpha value is -3.99. The van der Waals surface area contributed by atoms with Crippen molar-refractivity contribution in [1.29, 1.82) is 0 Å². The van der Waals surface area contributed by atoms with Gasteiger partial charge < -0.3 is 4.90 Å². The van der Waals surface area contributed by atoms with Crippen molar-refractivity contribution in [3.05, 3.63) is 108 Å². The molecule has 34 heavy (non-hydrogen) atoms. The van der Waals surface area contributed by atoms with Gasteiger partial charge in [0, 0.05) is 17.8 Å². The van der Waals surface area contributed by atoms with E-state index in [1.807, 2.05) is 89.8 Å². The molecular formula is C29H24N2O3. The van der Waals surface area contributed by atoms with E-state index in [4.69, 9.17) is 0 Å². The number of fused-ring (bicyclic) bond motifs is 5. The first kappa shape index (κ1) is 20.6. The molecule has 3 aromatic carbocycles. The third-order valence-corrected chi connectivity index (χ3v) is 7.30. The number of amides is 2. The standard InChI is InChI=1S/C29H24N2O3/c32-27(21-12-5-2-6-13-21)26-25-24(23-16-15-20-11-7-8-14-22(20)31(23)26)28(33)30(29(25)34)18-17-19-9-3-1-4-10-19/h1-16,23-26H,17-18H2/t23-,24-,25-,26+/m1/s1. The molecule has 2 fully saturated rings. The molecule has 3 heterocycles. The van der Waals surface area contributed by atoms with Crippen LogP contribution in [0.5, 0.6) is 0 Å². The van der Waals surface area contributed by atoms with Gasteiger partial charge >= 0.3 is 0 Å². The topological polar surface area (TPSA) is 57.7 Å². The number of benzene rings is 3. The minimum atomic E-state index is -0.721. The maximum atomic E-state index is 13.8. The van der Waals surface area contributed by atoms with E-state index in [0.717, 1.165) is 16.8 Å². The Balaban J connectivity index is 1.39. The highest BCUT2D eigenvalue weighted by Crippen LogP contribution is 2.49. The predicted octanol–water partition coefficient (Wildman–Crippen LogP) is 4.00. The van der Waals surface area contributed by atoms with Crippen LogP contribution in [0.4, 0.5) is 5.69 Å². The highest BCUT2D eigenvalue weighted by molar-refractivity contribution is 6.14. The Bertz CT molecular complexity index is 1300. The number of hydrogen-bond acceptors (Lipinski definition) is 4. The van der Waals surface area contributed by atoms with Crippen LogP contribution in [-0.4, -0.2) is 41.1 Å². The number of carbonyl (C=O) groups excluding carboxylic acids is 3. The van der Waals surface area contributed by atoms with Crippen LogP contribution in [0.3, 0.4) is 0 Å². The lowest BCUT2D eigenvalue weighted by Gasteiger charge is -2.36. The molecule has 3 aliphatic rings. The van der Waals surface area contributed by atoms with E-state index < -0.39 is 17.9 Å². The summed E-state index contributed by atoms with van der Waals surface area (Å²) in [6.07, 6.45) is 4.60. The van der Waals surface area contributed by atoms with Gasteiger partial charge in [0.15, 0.2) is 5.78 Å². The smallest absolute Gasteiger partial charge is 0.235 e. The Morgan fingerprint density at radius 3 is 2.18 bits per heavy atom. The Morgan fingerprint density at radius 1 is 0.765 bits per heavy atom. The molecule has 0 radical (unpaired) electrons. The molecule has 6 rings (SSSR count). The molecule has 2 saturated heterocycles. The van der Waals surface area contributed by atoms with Crippen molar-refractivity contribution in [3.8, 4) is 0 Å². The highest BCUT2D eigenvalue weighted by atomic mass is 16.2. The van der Waals surface area contributed by atoms with Crippen LogP contribution >= 0.6 is 0 Å². The molecule has 5 nitrogen and oxygen atoms in total. The summed E-state index contributed by atoms with van der Waals surface area (Å²) in [4.78, 5) is 44.6. The van der Waals surface area contributed by atoms with Crippen molar-refractivity contribution in [3.63, 3.8) is 0 Å². The van der Waals surface area contributed by atoms with E-state index in [-0.39, 0.29) is 23.6 Å². The number of nitrogens with zero attached hydrogens (tertiary/aromatic N) is 2. The van der Waals surface area contributed by atoms with E-state index in [0.29, 0.717) is 18.5 Å². The second-order valence-electron chi connectivity index (χ2n) is 9.11. The summed E-state index contributed by atoms with van der Waals surface area (Å²) in [6, 6.07) is 25.7. The monoisotopic (exact) mass is 448 g/mol. The summed E-state index contributed by atoms with van der Waals surface area (Å²) in [5.41, 5.74) is 3.52. The molecule has 0 unspecified atom stereocenters. The van der Waals surface area contributed by atoms with E-state index in [1.165, 1.54) is 4.90 Å². The van der Waals surface area contributed by atoms with E-state index in [2.05, 4.69) is 0 Å². The molecule has 168 valence electrons. The first-order valence-electron chi connectivity index (χ1n) is 11.7. The first-order valence-corrected chi connectivity index (χ1v) is 11.7. The Labute approximate surface area is 198 Å². The number of carbonyl (C=O) groups is 3. The molecule has 0 N–H and O–H groups in total. The van der Waals surface area contributed by atoms with E-state index in [9.17, 15) is 14.4 Å². The lowest BCUT2D eigenvalue weighted by atomic mass is 9.86. The lowest BCUT2D eigenvalue weighted by molar-refractivity contribution is -0.140. The third-order valence-electron chi connectivity index (χ3n) is 7.30. The zero-order valence-corrected chi connectivity index (χ0v) is 18.6. The van der Waals surface area contributed by atoms with Gasteiger partial charge in [0.1, 0.15) is 6.04 Å². The van der Waals surface area contributed by atoms with Crippen LogP contribution < -0.4 is 4.90 Å². The number of ketones is 1. The largest absolute Gasteiger partial charge is 0.352 e. The minimum absolute atomic E-state index is 0.116. The normalized spacial score (nSPS) is 24.7. The Morgan fingerprint density at radius 2 is 1.41 bits per heavy atom. The molecule has 3 aliphatic heterocycles. The molecule has 0 spiro atoms. The molecule has 4 atom stereocenters. The second kappa shape index (κ2) is 8.10. The summed E-state index contributed by atoms with van der Waals surface area (Å²) in [6.45, 7) is 0.327. The average molecular weight is 449 g/mol. The first-order chi connectivity index (χ1) is 16.6. The quantitative estimate of drug-likeness (QED) is 0.437. The van der Waals surface area contributed by atoms with Gasteiger partial charge in [-0.1, -0.05) is 91.0 Å². The molecule has 0 aliphatic carbocycles. The van der Waals surface area contributed by atoms with Gasteiger partial charge in [0.05, 0.1) is 17.9 Å². The van der Waals surface area contributed by atoms with Gasteiger partial charge in [-0.15, -0.1) is 0 Å². The average Bonchev–Trinajstić information content (AvgIpc) is 3.36. The van der Waals surface area contributed by atoms with Crippen molar-refractivity contribution in [2.45, 2.75) is 18.5 Å². The summed E-state index contributed by atoms with van der Waals surface area (Å²) in [5, 5.41) is 0. The number of likely N-dealkylation sites (tertiary alicyclic amines) is 1. The molecule has 5 heteroatoms. The number of Topliss-reactive ketones (excluding diaryl/α,β-unsaturated/α-hetero) is 1. The van der Waals surface area contributed by atoms with Crippen LogP contribution in [0.25, 0.3) is 6.08 Å². The van der Waals surface area contributed by atoms with Crippen LogP contribution in [0.15, 0.2) is 91.0 Å². The number of anilines is 1. The van der Waals surface area contributed by atoms with Crippen LogP contribution in [0.1, 0.15) is 21.5 Å². The molecule has 0 bridgehead atoms. The molecule has 2 amide bonds. The van der Waals surface area contributed by atoms with Crippen LogP contribution in [0.2, 0.25) is 0 Å². The number of rotatable bonds is 5. The van der Waals surface area contributed by atoms with E-state index >= 15 is 0 Å². The summed E-state index contributed by atoms with van der Waals surface area (Å²) < 4.78 is 0. The zero-order valence-electron chi connectivity index (χ0n) is 18.6. The molecule has 0 saturated carbocycles. The Kier molecular flexibility index (Phi) is 4.91. The van der Waals surface area contributed by atoms with Crippen molar-refractivity contribution in [1.82, 2.24) is 4.90 Å². The van der Waals surface area contributed by atoms with Gasteiger partial charge in [0.25, 0.3) is 0 Å². The fourth-order valence-electron chi connectivity index (χ4n) is 5.75. The zero-order chi connectivity index (χ0) is 23.2. The number of para-hydroxylation sites is 1. The lowest BCUT2D eigenvalue weighted by Crippen LogP contribution is -2.49. The van der Waals surface area contributed by atoms with Crippen LogP contribution in [-0.2, 0) is 16.0 Å². The number of imide groups is 1. The number of hydrogen-bond donors (Lipinski definition) is 0. The fourth-order valence-corrected chi connectivity index (χ4v) is 5.75. The van der Waals surface area contributed by atoms with Crippen molar-refractivity contribution < 1.29 is 14.4 Å². The van der Waals surface area contributed by atoms with Crippen LogP contribution in [0, 0.1) is 11.8 Å². The predicted molar refractivity (Wildman–Crippen MR) is 130 cm³/mol. The van der Waals surface area contributed by atoms with Crippen molar-refractivity contribution >= 4 is 29.4 Å². The van der Waals surface area contributed by atoms with Crippen molar-refractivity contribution in [2.24, 2.45) is 11.8 Å². The highest BCUT2D eigenvalue weighted by Gasteiger charge is 2.63. The maximum Gasteiger partial charge on any atom is 0.235 e. The maximum absolute atomic E-state index is 13.8. The summed E-state index contributed by atoms with van der Waals surface area (Å²) >= 11 is 0. The fraction of sp³-hybridized carbons (Fsp3) is 0.207. The third kappa shape index (κ3) is 3.11. The van der Waals surface area contributed by atoms with Gasteiger partial charge in [-0.3, -0.25) is 19.3 Å². The molecule has 0 aromatic heterocycles. The SMILES string of the molecule is O=C(c1ccccc1)[C@@H]1[C@@H]2C(=O)N(CCc3ccccc3)C(=O)[C@@H]2[C@H]2C=Cc3ccccc3N21. The molecular weight excluding hydrogens is 424 g/mol. The van der Waals surface area contributed by atoms with Gasteiger partial charge in [-0.25, -0.2) is 0 Å². The van der Waals surface area contributed by atoms with Gasteiger partial charge in [-0.05, 0) is 23.6 Å². The minimum Gasteiger partial charge on any atom is -0.352 e. The second-order valence-corrected chi connectivity index (χ2v) is 9.11. The summed E-state index contributed by atoms with van der Waals surface area (Å²) in [5.74, 6) is -1.79. The van der Waals surface area contributed by atoms with Crippen molar-refractivity contribution in [2.75, 3.05) is 11.4 Å². The van der Waals surface area contributed by atoms with Gasteiger partial charge in [-0.2, -0.15) is 0 Å². The van der Waals surface area contributed by atoms with Gasteiger partial charge in [0.2, 0.25) is 11.8 Å². The molecule has 3 aromatic rings. The van der Waals surface area contributed by atoms with E-state index in [1.54, 1.807) is 12.1 Å².